The number of carbonyl (C=O) groups is 1. The van der Waals surface area contributed by atoms with E-state index in [0.29, 0.717) is 29.6 Å². The van der Waals surface area contributed by atoms with Crippen LogP contribution in [0.2, 0.25) is 0 Å². The summed E-state index contributed by atoms with van der Waals surface area (Å²) in [6, 6.07) is 12.9. The summed E-state index contributed by atoms with van der Waals surface area (Å²) in [6.45, 7) is 4.86. The number of hydrogen-bond donors (Lipinski definition) is 0. The number of ether oxygens (including phenoxy) is 2. The lowest BCUT2D eigenvalue weighted by molar-refractivity contribution is -0.134. The Labute approximate surface area is 244 Å². The Morgan fingerprint density at radius 1 is 0.725 bits per heavy atom. The third kappa shape index (κ3) is 12.6. The van der Waals surface area contributed by atoms with E-state index in [1.54, 1.807) is 24.3 Å². The van der Waals surface area contributed by atoms with Crippen molar-refractivity contribution in [1.82, 2.24) is 4.98 Å². The molecule has 0 aliphatic carbocycles. The van der Waals surface area contributed by atoms with Crippen molar-refractivity contribution in [1.29, 1.82) is 0 Å². The summed E-state index contributed by atoms with van der Waals surface area (Å²) in [5, 5.41) is 9.13. The predicted octanol–water partition coefficient (Wildman–Crippen LogP) is 11.3. The summed E-state index contributed by atoms with van der Waals surface area (Å²) >= 11 is 1.47. The first-order valence-corrected chi connectivity index (χ1v) is 16.3. The van der Waals surface area contributed by atoms with Crippen LogP contribution in [0, 0.1) is 0 Å². The number of aromatic nitrogens is 1. The maximum atomic E-state index is 12.2. The molecular formula is C33H47N3O3S. The number of thiazole rings is 1. The van der Waals surface area contributed by atoms with Crippen molar-refractivity contribution >= 4 is 38.3 Å². The number of esters is 1. The van der Waals surface area contributed by atoms with Crippen LogP contribution in [-0.4, -0.2) is 17.6 Å². The van der Waals surface area contributed by atoms with Crippen molar-refractivity contribution in [2.24, 2.45) is 10.2 Å². The highest BCUT2D eigenvalue weighted by Crippen LogP contribution is 2.32. The molecule has 0 amide bonds. The molecule has 0 bridgehead atoms. The molecule has 0 unspecified atom stereocenters. The minimum absolute atomic E-state index is 0.176. The zero-order chi connectivity index (χ0) is 28.3. The van der Waals surface area contributed by atoms with E-state index in [2.05, 4.69) is 22.1 Å². The maximum absolute atomic E-state index is 12.2. The van der Waals surface area contributed by atoms with Gasteiger partial charge in [0.15, 0.2) is 0 Å². The van der Waals surface area contributed by atoms with Gasteiger partial charge in [-0.05, 0) is 55.8 Å². The molecule has 0 N–H and O–H groups in total. The highest BCUT2D eigenvalue weighted by Gasteiger charge is 2.07. The van der Waals surface area contributed by atoms with Crippen LogP contribution in [0.1, 0.15) is 117 Å². The standard InChI is InChI=1S/C33H47N3O3S/c1-3-5-6-7-8-9-10-11-12-13-14-15-16-17-18-19-32(37)39-28-22-20-27(21-23-28)35-36-33-34-30-25-24-29(38-4-2)26-31(30)40-33/h20-26H,3-19H2,1-2H3. The lowest BCUT2D eigenvalue weighted by Gasteiger charge is -2.05. The van der Waals surface area contributed by atoms with Gasteiger partial charge in [0.25, 0.3) is 0 Å². The van der Waals surface area contributed by atoms with E-state index in [0.717, 1.165) is 28.8 Å². The summed E-state index contributed by atoms with van der Waals surface area (Å²) in [5.74, 6) is 1.19. The molecule has 6 nitrogen and oxygen atoms in total. The lowest BCUT2D eigenvalue weighted by atomic mass is 10.0. The van der Waals surface area contributed by atoms with E-state index >= 15 is 0 Å². The largest absolute Gasteiger partial charge is 0.494 e. The third-order valence-electron chi connectivity index (χ3n) is 6.96. The van der Waals surface area contributed by atoms with Gasteiger partial charge in [0, 0.05) is 6.42 Å². The molecule has 40 heavy (non-hydrogen) atoms. The molecule has 218 valence electrons. The molecule has 1 heterocycles. The second-order valence-corrected chi connectivity index (χ2v) is 11.4. The fraction of sp³-hybridized carbons (Fsp3) is 0.576. The summed E-state index contributed by atoms with van der Waals surface area (Å²) in [6.07, 6.45) is 20.1. The van der Waals surface area contributed by atoms with Crippen LogP contribution in [0.4, 0.5) is 10.8 Å². The monoisotopic (exact) mass is 565 g/mol. The van der Waals surface area contributed by atoms with E-state index in [-0.39, 0.29) is 5.97 Å². The molecule has 0 aliphatic heterocycles. The number of unbranched alkanes of at least 4 members (excludes halogenated alkanes) is 14. The number of rotatable bonds is 21. The maximum Gasteiger partial charge on any atom is 0.311 e. The number of azo groups is 1. The van der Waals surface area contributed by atoms with Gasteiger partial charge in [-0.15, -0.1) is 10.2 Å². The first-order valence-electron chi connectivity index (χ1n) is 15.4. The average molecular weight is 566 g/mol. The molecule has 0 radical (unpaired) electrons. The van der Waals surface area contributed by atoms with Gasteiger partial charge in [0.05, 0.1) is 22.5 Å². The molecule has 0 aliphatic rings. The Hall–Kier alpha value is -2.80. The van der Waals surface area contributed by atoms with Crippen molar-refractivity contribution in [3.05, 3.63) is 42.5 Å². The number of hydrogen-bond acceptors (Lipinski definition) is 7. The van der Waals surface area contributed by atoms with Crippen LogP contribution in [0.3, 0.4) is 0 Å². The average Bonchev–Trinajstić information content (AvgIpc) is 3.37. The van der Waals surface area contributed by atoms with Crippen molar-refractivity contribution in [3.63, 3.8) is 0 Å². The number of nitrogens with zero attached hydrogens (tertiary/aromatic N) is 3. The van der Waals surface area contributed by atoms with Gasteiger partial charge in [-0.3, -0.25) is 4.79 Å². The van der Waals surface area contributed by atoms with Gasteiger partial charge in [-0.2, -0.15) is 0 Å². The first kappa shape index (κ1) is 31.7. The highest BCUT2D eigenvalue weighted by atomic mass is 32.1. The fourth-order valence-corrected chi connectivity index (χ4v) is 5.51. The summed E-state index contributed by atoms with van der Waals surface area (Å²) < 4.78 is 12.0. The molecule has 0 saturated heterocycles. The first-order chi connectivity index (χ1) is 19.7. The van der Waals surface area contributed by atoms with Gasteiger partial charge in [0.2, 0.25) is 5.13 Å². The van der Waals surface area contributed by atoms with Gasteiger partial charge in [-0.25, -0.2) is 4.98 Å². The lowest BCUT2D eigenvalue weighted by Crippen LogP contribution is -2.07. The number of carbonyl (C=O) groups excluding carboxylic acids is 1. The normalized spacial score (nSPS) is 11.4. The predicted molar refractivity (Wildman–Crippen MR) is 167 cm³/mol. The summed E-state index contributed by atoms with van der Waals surface area (Å²) in [7, 11) is 0. The molecule has 0 atom stereocenters. The van der Waals surface area contributed by atoms with Crippen LogP contribution in [-0.2, 0) is 4.79 Å². The highest BCUT2D eigenvalue weighted by molar-refractivity contribution is 7.21. The molecule has 0 saturated carbocycles. The number of benzene rings is 2. The van der Waals surface area contributed by atoms with Gasteiger partial charge < -0.3 is 9.47 Å². The van der Waals surface area contributed by atoms with Crippen molar-refractivity contribution in [2.75, 3.05) is 6.61 Å². The van der Waals surface area contributed by atoms with E-state index in [1.165, 1.54) is 94.8 Å². The van der Waals surface area contributed by atoms with Gasteiger partial charge in [-0.1, -0.05) is 108 Å². The quantitative estimate of drug-likeness (QED) is 0.0557. The summed E-state index contributed by atoms with van der Waals surface area (Å²) in [4.78, 5) is 16.7. The Morgan fingerprint density at radius 2 is 1.30 bits per heavy atom. The minimum atomic E-state index is -0.176. The van der Waals surface area contributed by atoms with Crippen LogP contribution in [0.5, 0.6) is 11.5 Å². The molecule has 7 heteroatoms. The molecular weight excluding hydrogens is 518 g/mol. The molecule has 0 fully saturated rings. The van der Waals surface area contributed by atoms with E-state index in [4.69, 9.17) is 9.47 Å². The van der Waals surface area contributed by atoms with Crippen molar-refractivity contribution < 1.29 is 14.3 Å². The fourth-order valence-electron chi connectivity index (χ4n) is 4.70. The van der Waals surface area contributed by atoms with Crippen LogP contribution in [0.25, 0.3) is 10.2 Å². The summed E-state index contributed by atoms with van der Waals surface area (Å²) in [5.41, 5.74) is 1.55. The second-order valence-electron chi connectivity index (χ2n) is 10.4. The minimum Gasteiger partial charge on any atom is -0.494 e. The smallest absolute Gasteiger partial charge is 0.311 e. The van der Waals surface area contributed by atoms with E-state index < -0.39 is 0 Å². The topological polar surface area (TPSA) is 73.1 Å². The molecule has 2 aromatic carbocycles. The van der Waals surface area contributed by atoms with Crippen molar-refractivity contribution in [2.45, 2.75) is 117 Å². The third-order valence-corrected chi connectivity index (χ3v) is 7.87. The SMILES string of the molecule is CCCCCCCCCCCCCCCCCC(=O)Oc1ccc(N=Nc2nc3ccc(OCC)cc3s2)cc1. The Morgan fingerprint density at radius 3 is 1.90 bits per heavy atom. The molecule has 1 aromatic heterocycles. The van der Waals surface area contributed by atoms with Crippen LogP contribution < -0.4 is 9.47 Å². The zero-order valence-electron chi connectivity index (χ0n) is 24.5. The van der Waals surface area contributed by atoms with E-state index in [1.807, 2.05) is 25.1 Å². The van der Waals surface area contributed by atoms with Crippen LogP contribution in [0.15, 0.2) is 52.7 Å². The molecule has 3 rings (SSSR count). The number of fused-ring (bicyclic) bond motifs is 1. The zero-order valence-corrected chi connectivity index (χ0v) is 25.4. The Balaban J connectivity index is 1.22. The van der Waals surface area contributed by atoms with E-state index in [9.17, 15) is 4.79 Å². The van der Waals surface area contributed by atoms with Gasteiger partial charge in [0.1, 0.15) is 11.5 Å². The van der Waals surface area contributed by atoms with Gasteiger partial charge >= 0.3 is 5.97 Å². The molecule has 0 spiro atoms. The second kappa shape index (κ2) is 19.3. The van der Waals surface area contributed by atoms with Crippen molar-refractivity contribution in [3.8, 4) is 11.5 Å². The Kier molecular flexibility index (Phi) is 15.3. The molecule has 3 aromatic rings. The Bertz CT molecular complexity index is 1140. The van der Waals surface area contributed by atoms with Crippen LogP contribution >= 0.6 is 11.3 Å².